The molecule has 0 aromatic heterocycles. The zero-order valence-corrected chi connectivity index (χ0v) is 17.3. The Labute approximate surface area is 168 Å². The van der Waals surface area contributed by atoms with Gasteiger partial charge < -0.3 is 10.1 Å². The van der Waals surface area contributed by atoms with Gasteiger partial charge in [0.1, 0.15) is 5.75 Å². The molecule has 1 fully saturated rings. The summed E-state index contributed by atoms with van der Waals surface area (Å²) in [4.78, 5) is 12.9. The first kappa shape index (κ1) is 20.0. The summed E-state index contributed by atoms with van der Waals surface area (Å²) >= 11 is 6.02. The zero-order chi connectivity index (χ0) is 20.0. The quantitative estimate of drug-likeness (QED) is 0.704. The van der Waals surface area contributed by atoms with Gasteiger partial charge in [0.25, 0.3) is 9.05 Å². The largest absolute Gasteiger partial charge is 0.495 e. The van der Waals surface area contributed by atoms with Crippen molar-refractivity contribution in [1.82, 2.24) is 0 Å². The molecule has 1 N–H and O–H groups in total. The molecule has 0 unspecified atom stereocenters. The van der Waals surface area contributed by atoms with Gasteiger partial charge >= 0.3 is 0 Å². The number of rotatable bonds is 5. The van der Waals surface area contributed by atoms with Crippen molar-refractivity contribution in [3.05, 3.63) is 53.1 Å². The highest BCUT2D eigenvalue weighted by Crippen LogP contribution is 2.64. The Morgan fingerprint density at radius 3 is 2.33 bits per heavy atom. The third-order valence-corrected chi connectivity index (χ3v) is 6.65. The van der Waals surface area contributed by atoms with E-state index in [1.807, 2.05) is 13.8 Å². The Morgan fingerprint density at radius 2 is 1.78 bits per heavy atom. The molecular formula is C19H19Cl2NO4S. The van der Waals surface area contributed by atoms with E-state index in [1.165, 1.54) is 19.2 Å². The number of hydrogen-bond acceptors (Lipinski definition) is 4. The summed E-state index contributed by atoms with van der Waals surface area (Å²) in [5.74, 6) is 0.0911. The summed E-state index contributed by atoms with van der Waals surface area (Å²) in [6, 6.07) is 11.3. The van der Waals surface area contributed by atoms with Gasteiger partial charge in [-0.05, 0) is 41.3 Å². The molecule has 0 radical (unpaired) electrons. The lowest BCUT2D eigenvalue weighted by Crippen LogP contribution is -2.17. The zero-order valence-electron chi connectivity index (χ0n) is 15.0. The molecule has 2 atom stereocenters. The number of methoxy groups -OCH3 is 1. The molecule has 1 aliphatic rings. The van der Waals surface area contributed by atoms with Crippen LogP contribution in [0.25, 0.3) is 0 Å². The SMILES string of the molecule is COc1ccc(Cl)cc1NC(=O)[C@H]1[C@H](c2ccc(S(=O)(=O)Cl)cc2)C1(C)C. The molecule has 5 nitrogen and oxygen atoms in total. The lowest BCUT2D eigenvalue weighted by atomic mass is 10.0. The van der Waals surface area contributed by atoms with Crippen molar-refractivity contribution in [2.24, 2.45) is 11.3 Å². The van der Waals surface area contributed by atoms with Gasteiger partial charge in [-0.1, -0.05) is 37.6 Å². The fourth-order valence-corrected chi connectivity index (χ4v) is 4.52. The van der Waals surface area contributed by atoms with Gasteiger partial charge in [0.15, 0.2) is 0 Å². The van der Waals surface area contributed by atoms with Crippen molar-refractivity contribution >= 4 is 42.9 Å². The number of nitrogens with one attached hydrogen (secondary N) is 1. The number of hydrogen-bond donors (Lipinski definition) is 1. The number of anilines is 1. The number of amides is 1. The highest BCUT2D eigenvalue weighted by atomic mass is 35.7. The maximum absolute atomic E-state index is 12.9. The molecular weight excluding hydrogens is 409 g/mol. The van der Waals surface area contributed by atoms with E-state index >= 15 is 0 Å². The first-order chi connectivity index (χ1) is 12.6. The van der Waals surface area contributed by atoms with Crippen LogP contribution in [0, 0.1) is 11.3 Å². The van der Waals surface area contributed by atoms with Crippen LogP contribution in [0.3, 0.4) is 0 Å². The second-order valence-corrected chi connectivity index (χ2v) is 10.1. The molecule has 0 bridgehead atoms. The fourth-order valence-electron chi connectivity index (χ4n) is 3.58. The van der Waals surface area contributed by atoms with Crippen molar-refractivity contribution < 1.29 is 17.9 Å². The molecule has 0 aliphatic heterocycles. The molecule has 0 saturated heterocycles. The van der Waals surface area contributed by atoms with Crippen molar-refractivity contribution in [2.75, 3.05) is 12.4 Å². The van der Waals surface area contributed by atoms with Gasteiger partial charge in [0.05, 0.1) is 23.6 Å². The first-order valence-electron chi connectivity index (χ1n) is 8.24. The predicted octanol–water partition coefficient (Wildman–Crippen LogP) is 4.65. The summed E-state index contributed by atoms with van der Waals surface area (Å²) in [5, 5.41) is 3.39. The van der Waals surface area contributed by atoms with Gasteiger partial charge in [-0.15, -0.1) is 0 Å². The average molecular weight is 428 g/mol. The van der Waals surface area contributed by atoms with E-state index in [2.05, 4.69) is 5.32 Å². The van der Waals surface area contributed by atoms with Crippen LogP contribution in [0.2, 0.25) is 5.02 Å². The van der Waals surface area contributed by atoms with E-state index in [1.54, 1.807) is 30.3 Å². The number of carbonyl (C=O) groups excluding carboxylic acids is 1. The van der Waals surface area contributed by atoms with E-state index in [9.17, 15) is 13.2 Å². The Bertz CT molecular complexity index is 987. The van der Waals surface area contributed by atoms with E-state index in [0.29, 0.717) is 16.5 Å². The predicted molar refractivity (Wildman–Crippen MR) is 106 cm³/mol. The van der Waals surface area contributed by atoms with Crippen molar-refractivity contribution in [3.8, 4) is 5.75 Å². The summed E-state index contributed by atoms with van der Waals surface area (Å²) in [7, 11) is 3.11. The Balaban J connectivity index is 1.81. The smallest absolute Gasteiger partial charge is 0.261 e. The second kappa shape index (κ2) is 7.00. The van der Waals surface area contributed by atoms with E-state index in [-0.39, 0.29) is 28.1 Å². The van der Waals surface area contributed by atoms with Gasteiger partial charge in [-0.2, -0.15) is 0 Å². The van der Waals surface area contributed by atoms with E-state index in [4.69, 9.17) is 27.0 Å². The van der Waals surface area contributed by atoms with E-state index in [0.717, 1.165) is 5.56 Å². The number of benzene rings is 2. The standard InChI is InChI=1S/C19H19Cl2NO4S/c1-19(2)16(11-4-7-13(8-5-11)27(21,24)25)17(19)18(23)22-14-10-12(20)6-9-15(14)26-3/h4-10,16-17H,1-3H3,(H,22,23)/t16-,17+/m0/s1. The minimum atomic E-state index is -3.77. The third kappa shape index (κ3) is 3.93. The fraction of sp³-hybridized carbons (Fsp3) is 0.316. The highest BCUT2D eigenvalue weighted by molar-refractivity contribution is 8.13. The van der Waals surface area contributed by atoms with Gasteiger partial charge in [0, 0.05) is 21.6 Å². The average Bonchev–Trinajstić information content (AvgIpc) is 3.17. The van der Waals surface area contributed by atoms with Crippen LogP contribution in [0.1, 0.15) is 25.3 Å². The molecule has 8 heteroatoms. The Morgan fingerprint density at radius 1 is 1.15 bits per heavy atom. The van der Waals surface area contributed by atoms with Crippen LogP contribution in [0.4, 0.5) is 5.69 Å². The summed E-state index contributed by atoms with van der Waals surface area (Å²) < 4.78 is 28.1. The minimum absolute atomic E-state index is 0.0326. The number of ether oxygens (including phenoxy) is 1. The molecule has 144 valence electrons. The minimum Gasteiger partial charge on any atom is -0.495 e. The molecule has 1 aliphatic carbocycles. The van der Waals surface area contributed by atoms with Crippen LogP contribution in [-0.4, -0.2) is 21.4 Å². The lowest BCUT2D eigenvalue weighted by molar-refractivity contribution is -0.118. The summed E-state index contributed by atoms with van der Waals surface area (Å²) in [6.45, 7) is 4.01. The molecule has 0 spiro atoms. The van der Waals surface area contributed by atoms with E-state index < -0.39 is 9.05 Å². The molecule has 0 heterocycles. The van der Waals surface area contributed by atoms with Crippen LogP contribution >= 0.6 is 22.3 Å². The molecule has 1 saturated carbocycles. The van der Waals surface area contributed by atoms with Crippen LogP contribution in [0.5, 0.6) is 5.75 Å². The normalized spacial score (nSPS) is 20.8. The van der Waals surface area contributed by atoms with Crippen molar-refractivity contribution in [1.29, 1.82) is 0 Å². The van der Waals surface area contributed by atoms with Gasteiger partial charge in [-0.25, -0.2) is 8.42 Å². The Hall–Kier alpha value is -1.76. The summed E-state index contributed by atoms with van der Waals surface area (Å²) in [6.07, 6.45) is 0. The summed E-state index contributed by atoms with van der Waals surface area (Å²) in [5.41, 5.74) is 1.14. The van der Waals surface area contributed by atoms with Crippen LogP contribution in [-0.2, 0) is 13.8 Å². The first-order valence-corrected chi connectivity index (χ1v) is 10.9. The third-order valence-electron chi connectivity index (χ3n) is 5.05. The topological polar surface area (TPSA) is 72.5 Å². The molecule has 2 aromatic carbocycles. The molecule has 3 rings (SSSR count). The number of halogens is 2. The lowest BCUT2D eigenvalue weighted by Gasteiger charge is -2.11. The maximum Gasteiger partial charge on any atom is 0.261 e. The van der Waals surface area contributed by atoms with Gasteiger partial charge in [0.2, 0.25) is 5.91 Å². The molecule has 1 amide bonds. The van der Waals surface area contributed by atoms with Crippen molar-refractivity contribution in [3.63, 3.8) is 0 Å². The molecule has 2 aromatic rings. The molecule has 27 heavy (non-hydrogen) atoms. The van der Waals surface area contributed by atoms with Gasteiger partial charge in [-0.3, -0.25) is 4.79 Å². The second-order valence-electron chi connectivity index (χ2n) is 7.12. The number of carbonyl (C=O) groups is 1. The maximum atomic E-state index is 12.9. The Kier molecular flexibility index (Phi) is 5.18. The van der Waals surface area contributed by atoms with Crippen LogP contribution in [0.15, 0.2) is 47.4 Å². The highest BCUT2D eigenvalue weighted by Gasteiger charge is 2.62. The monoisotopic (exact) mass is 427 g/mol. The van der Waals surface area contributed by atoms with Crippen molar-refractivity contribution in [2.45, 2.75) is 24.7 Å². The van der Waals surface area contributed by atoms with Crippen LogP contribution < -0.4 is 10.1 Å².